The first-order valence-electron chi connectivity index (χ1n) is 5.87. The molecule has 0 aliphatic rings. The van der Waals surface area contributed by atoms with Gasteiger partial charge in [0.25, 0.3) is 0 Å². The van der Waals surface area contributed by atoms with E-state index >= 15 is 0 Å². The first-order valence-corrected chi connectivity index (χ1v) is 7.03. The van der Waals surface area contributed by atoms with Gasteiger partial charge in [0, 0.05) is 10.2 Å². The van der Waals surface area contributed by atoms with E-state index in [0.717, 1.165) is 16.7 Å². The third-order valence-corrected chi connectivity index (χ3v) is 2.73. The van der Waals surface area contributed by atoms with Crippen LogP contribution in [0.15, 0.2) is 50.0 Å². The molecule has 0 rings (SSSR count). The summed E-state index contributed by atoms with van der Waals surface area (Å²) in [6.07, 6.45) is 4.39. The largest absolute Gasteiger partial charge is 0.494 e. The molecule has 0 aromatic carbocycles. The molecule has 0 aromatic heterocycles. The maximum Gasteiger partial charge on any atom is 0.106 e. The van der Waals surface area contributed by atoms with E-state index in [0.29, 0.717) is 30.3 Å². The molecule has 0 saturated carbocycles. The first kappa shape index (κ1) is 15.8. The third-order valence-electron chi connectivity index (χ3n) is 2.26. The second-order valence-electron chi connectivity index (χ2n) is 4.31. The lowest BCUT2D eigenvalue weighted by Crippen LogP contribution is -2.13. The molecule has 2 nitrogen and oxygen atoms in total. The monoisotopic (exact) mass is 252 g/mol. The summed E-state index contributed by atoms with van der Waals surface area (Å²) in [7, 11) is 1.13. The summed E-state index contributed by atoms with van der Waals surface area (Å²) < 4.78 is 11.0. The summed E-state index contributed by atoms with van der Waals surface area (Å²) in [5.41, 5.74) is 0.660. The average Bonchev–Trinajstić information content (AvgIpc) is 2.29. The fourth-order valence-corrected chi connectivity index (χ4v) is 1.92. The Hall–Kier alpha value is -1.22. The fraction of sp³-hybridized carbons (Fsp3) is 0.429. The van der Waals surface area contributed by atoms with Crippen LogP contribution in [-0.2, 0) is 9.47 Å². The van der Waals surface area contributed by atoms with Crippen LogP contribution >= 0.6 is 0 Å². The molecule has 0 fully saturated rings. The van der Waals surface area contributed by atoms with Gasteiger partial charge in [0.05, 0.1) is 17.4 Å². The molecule has 0 saturated heterocycles. The molecule has 1 atom stereocenters. The van der Waals surface area contributed by atoms with Gasteiger partial charge in [0.15, 0.2) is 0 Å². The SMILES string of the molecule is C=CCOC(=C)C(CC(C)[SiH3])C(=C)OCC=C. The first-order chi connectivity index (χ1) is 8.02. The minimum atomic E-state index is 0.0578. The molecule has 0 aromatic rings. The Balaban J connectivity index is 4.49. The molecule has 0 heterocycles. The highest BCUT2D eigenvalue weighted by Gasteiger charge is 2.20. The van der Waals surface area contributed by atoms with Crippen molar-refractivity contribution < 1.29 is 9.47 Å². The van der Waals surface area contributed by atoms with Crippen molar-refractivity contribution in [2.24, 2.45) is 5.92 Å². The van der Waals surface area contributed by atoms with E-state index in [1.807, 2.05) is 0 Å². The Bertz CT molecular complexity index is 258. The maximum absolute atomic E-state index is 5.49. The zero-order valence-electron chi connectivity index (χ0n) is 11.1. The highest BCUT2D eigenvalue weighted by atomic mass is 28.1. The van der Waals surface area contributed by atoms with Crippen molar-refractivity contribution in [2.75, 3.05) is 13.2 Å². The zero-order chi connectivity index (χ0) is 13.3. The van der Waals surface area contributed by atoms with E-state index in [1.54, 1.807) is 12.2 Å². The van der Waals surface area contributed by atoms with Crippen LogP contribution in [0.1, 0.15) is 13.3 Å². The van der Waals surface area contributed by atoms with Crippen molar-refractivity contribution in [2.45, 2.75) is 18.9 Å². The van der Waals surface area contributed by atoms with Gasteiger partial charge in [-0.05, 0) is 6.42 Å². The summed E-state index contributed by atoms with van der Waals surface area (Å²) in [5.74, 6) is 1.48. The predicted molar refractivity (Wildman–Crippen MR) is 78.0 cm³/mol. The van der Waals surface area contributed by atoms with Gasteiger partial charge in [0.1, 0.15) is 13.2 Å². The Morgan fingerprint density at radius 3 is 1.82 bits per heavy atom. The van der Waals surface area contributed by atoms with Gasteiger partial charge in [0.2, 0.25) is 0 Å². The quantitative estimate of drug-likeness (QED) is 0.338. The van der Waals surface area contributed by atoms with Crippen LogP contribution in [0.3, 0.4) is 0 Å². The van der Waals surface area contributed by atoms with Crippen LogP contribution in [0, 0.1) is 5.92 Å². The lowest BCUT2D eigenvalue weighted by atomic mass is 10.00. The lowest BCUT2D eigenvalue weighted by molar-refractivity contribution is 0.159. The second-order valence-corrected chi connectivity index (χ2v) is 6.29. The summed E-state index contributed by atoms with van der Waals surface area (Å²) in [6.45, 7) is 18.3. The Morgan fingerprint density at radius 1 is 1.12 bits per heavy atom. The highest BCUT2D eigenvalue weighted by Crippen LogP contribution is 2.28. The van der Waals surface area contributed by atoms with Crippen LogP contribution in [0.5, 0.6) is 0 Å². The van der Waals surface area contributed by atoms with E-state index < -0.39 is 0 Å². The molecule has 0 radical (unpaired) electrons. The Kier molecular flexibility index (Phi) is 8.24. The van der Waals surface area contributed by atoms with Gasteiger partial charge < -0.3 is 9.47 Å². The summed E-state index contributed by atoms with van der Waals surface area (Å²) >= 11 is 0. The molecule has 0 bridgehead atoms. The summed E-state index contributed by atoms with van der Waals surface area (Å²) in [5, 5.41) is 0. The summed E-state index contributed by atoms with van der Waals surface area (Å²) in [6, 6.07) is 0. The van der Waals surface area contributed by atoms with Crippen LogP contribution in [0.25, 0.3) is 0 Å². The lowest BCUT2D eigenvalue weighted by Gasteiger charge is -2.23. The van der Waals surface area contributed by atoms with Gasteiger partial charge in [-0.15, -0.1) is 0 Å². The van der Waals surface area contributed by atoms with Crippen LogP contribution in [0.2, 0.25) is 5.54 Å². The van der Waals surface area contributed by atoms with Gasteiger partial charge in [-0.1, -0.05) is 50.9 Å². The topological polar surface area (TPSA) is 18.5 Å². The maximum atomic E-state index is 5.49. The van der Waals surface area contributed by atoms with Gasteiger partial charge in [-0.3, -0.25) is 0 Å². The smallest absolute Gasteiger partial charge is 0.106 e. The van der Waals surface area contributed by atoms with Crippen molar-refractivity contribution >= 4 is 10.2 Å². The van der Waals surface area contributed by atoms with Crippen molar-refractivity contribution in [3.05, 3.63) is 50.0 Å². The zero-order valence-corrected chi connectivity index (χ0v) is 13.1. The number of hydrogen-bond acceptors (Lipinski definition) is 2. The Morgan fingerprint density at radius 2 is 1.53 bits per heavy atom. The van der Waals surface area contributed by atoms with E-state index in [9.17, 15) is 0 Å². The van der Waals surface area contributed by atoms with Crippen LogP contribution in [-0.4, -0.2) is 23.5 Å². The van der Waals surface area contributed by atoms with Gasteiger partial charge in [-0.25, -0.2) is 0 Å². The molecule has 3 heteroatoms. The third kappa shape index (κ3) is 6.84. The molecule has 0 spiro atoms. The second kappa shape index (κ2) is 8.88. The average molecular weight is 252 g/mol. The fourth-order valence-electron chi connectivity index (χ4n) is 1.45. The highest BCUT2D eigenvalue weighted by molar-refractivity contribution is 6.11. The van der Waals surface area contributed by atoms with Crippen molar-refractivity contribution in [3.63, 3.8) is 0 Å². The number of rotatable bonds is 10. The molecule has 0 aliphatic heterocycles. The van der Waals surface area contributed by atoms with Gasteiger partial charge >= 0.3 is 0 Å². The minimum Gasteiger partial charge on any atom is -0.494 e. The molecule has 96 valence electrons. The molecule has 0 amide bonds. The molecule has 0 N–H and O–H groups in total. The molecule has 1 unspecified atom stereocenters. The van der Waals surface area contributed by atoms with E-state index in [1.165, 1.54) is 0 Å². The molecule has 17 heavy (non-hydrogen) atoms. The number of hydrogen-bond donors (Lipinski definition) is 0. The van der Waals surface area contributed by atoms with Crippen molar-refractivity contribution in [3.8, 4) is 0 Å². The minimum absolute atomic E-state index is 0.0578. The van der Waals surface area contributed by atoms with E-state index in [-0.39, 0.29) is 5.92 Å². The van der Waals surface area contributed by atoms with Crippen LogP contribution in [0.4, 0.5) is 0 Å². The Labute approximate surface area is 108 Å². The van der Waals surface area contributed by atoms with Crippen LogP contribution < -0.4 is 0 Å². The predicted octanol–water partition coefficient (Wildman–Crippen LogP) is 2.60. The van der Waals surface area contributed by atoms with E-state index in [2.05, 4.69) is 33.2 Å². The molecular formula is C14H24O2Si. The molecular weight excluding hydrogens is 228 g/mol. The normalized spacial score (nSPS) is 11.9. The standard InChI is InChI=1S/C14H24O2Si/c1-6-8-15-12(4)14(10-11(3)17)13(5)16-9-7-2/h6-7,11,14H,1-2,4-5,8-10H2,3,17H3. The summed E-state index contributed by atoms with van der Waals surface area (Å²) in [4.78, 5) is 0. The van der Waals surface area contributed by atoms with Crippen molar-refractivity contribution in [1.29, 1.82) is 0 Å². The van der Waals surface area contributed by atoms with Crippen molar-refractivity contribution in [1.82, 2.24) is 0 Å². The number of ether oxygens (including phenoxy) is 2. The van der Waals surface area contributed by atoms with Gasteiger partial charge in [-0.2, -0.15) is 0 Å². The molecule has 0 aliphatic carbocycles. The van der Waals surface area contributed by atoms with E-state index in [4.69, 9.17) is 9.47 Å².